The zero-order chi connectivity index (χ0) is 21.4. The van der Waals surface area contributed by atoms with Crippen LogP contribution >= 0.6 is 0 Å². The first-order chi connectivity index (χ1) is 15.1. The first-order valence-electron chi connectivity index (χ1n) is 10.0. The zero-order valence-corrected chi connectivity index (χ0v) is 16.8. The van der Waals surface area contributed by atoms with Crippen LogP contribution in [0.5, 0.6) is 0 Å². The van der Waals surface area contributed by atoms with E-state index in [9.17, 15) is 4.79 Å². The Morgan fingerprint density at radius 3 is 2.84 bits per heavy atom. The fraction of sp³-hybridized carbons (Fsp3) is 0.167. The minimum absolute atomic E-state index is 0.00285. The van der Waals surface area contributed by atoms with Gasteiger partial charge in [0.1, 0.15) is 17.8 Å². The third kappa shape index (κ3) is 3.38. The van der Waals surface area contributed by atoms with Gasteiger partial charge in [0.05, 0.1) is 11.4 Å². The van der Waals surface area contributed by atoms with Crippen molar-refractivity contribution in [3.63, 3.8) is 0 Å². The first-order valence-corrected chi connectivity index (χ1v) is 10.0. The lowest BCUT2D eigenvalue weighted by Gasteiger charge is -2.14. The van der Waals surface area contributed by atoms with E-state index in [0.29, 0.717) is 35.6 Å². The average molecular weight is 408 g/mol. The Kier molecular flexibility index (Phi) is 4.60. The largest absolute Gasteiger partial charge is 0.383 e. The molecular formula is C24H20N6O. The van der Waals surface area contributed by atoms with E-state index in [1.807, 2.05) is 22.9 Å². The van der Waals surface area contributed by atoms with Crippen LogP contribution in [-0.2, 0) is 4.79 Å². The van der Waals surface area contributed by atoms with Gasteiger partial charge in [0.2, 0.25) is 5.91 Å². The highest BCUT2D eigenvalue weighted by Gasteiger charge is 2.29. The number of benzene rings is 2. The summed E-state index contributed by atoms with van der Waals surface area (Å²) in [5, 5.41) is 7.67. The van der Waals surface area contributed by atoms with E-state index in [0.717, 1.165) is 17.4 Å². The van der Waals surface area contributed by atoms with Gasteiger partial charge in [-0.3, -0.25) is 4.79 Å². The fourth-order valence-electron chi connectivity index (χ4n) is 4.01. The molecule has 7 heteroatoms. The Morgan fingerprint density at radius 2 is 2.00 bits per heavy atom. The van der Waals surface area contributed by atoms with Crippen LogP contribution in [0.25, 0.3) is 21.8 Å². The van der Waals surface area contributed by atoms with E-state index in [1.165, 1.54) is 17.8 Å². The third-order valence-corrected chi connectivity index (χ3v) is 5.59. The molecule has 3 heterocycles. The second-order valence-electron chi connectivity index (χ2n) is 7.49. The van der Waals surface area contributed by atoms with Gasteiger partial charge in [-0.25, -0.2) is 14.6 Å². The molecule has 1 aliphatic heterocycles. The zero-order valence-electron chi connectivity index (χ0n) is 16.8. The van der Waals surface area contributed by atoms with Crippen LogP contribution in [0.15, 0.2) is 61.4 Å². The molecule has 0 radical (unpaired) electrons. The number of aromatic nitrogens is 4. The van der Waals surface area contributed by atoms with Crippen molar-refractivity contribution in [1.82, 2.24) is 24.6 Å². The molecule has 2 aromatic carbocycles. The number of carbonyl (C=O) groups is 1. The van der Waals surface area contributed by atoms with Gasteiger partial charge in [-0.2, -0.15) is 5.10 Å². The Balaban J connectivity index is 1.55. The van der Waals surface area contributed by atoms with Crippen LogP contribution in [-0.4, -0.2) is 43.6 Å². The first kappa shape index (κ1) is 18.8. The van der Waals surface area contributed by atoms with Gasteiger partial charge < -0.3 is 10.6 Å². The molecule has 0 unspecified atom stereocenters. The minimum Gasteiger partial charge on any atom is -0.383 e. The van der Waals surface area contributed by atoms with Gasteiger partial charge in [0, 0.05) is 18.7 Å². The lowest BCUT2D eigenvalue weighted by atomic mass is 10.1. The molecule has 2 aromatic heterocycles. The number of carbonyl (C=O) groups excluding carboxylic acids is 1. The van der Waals surface area contributed by atoms with E-state index in [4.69, 9.17) is 10.8 Å². The number of hydrogen-bond donors (Lipinski definition) is 1. The van der Waals surface area contributed by atoms with Crippen molar-refractivity contribution in [3.05, 3.63) is 72.7 Å². The summed E-state index contributed by atoms with van der Waals surface area (Å²) in [7, 11) is 0. The summed E-state index contributed by atoms with van der Waals surface area (Å²) >= 11 is 0. The van der Waals surface area contributed by atoms with Crippen molar-refractivity contribution in [1.29, 1.82) is 0 Å². The predicted molar refractivity (Wildman–Crippen MR) is 120 cm³/mol. The molecule has 1 atom stereocenters. The summed E-state index contributed by atoms with van der Waals surface area (Å²) in [6.07, 6.45) is 3.54. The van der Waals surface area contributed by atoms with Crippen molar-refractivity contribution in [2.75, 3.05) is 18.8 Å². The van der Waals surface area contributed by atoms with Gasteiger partial charge in [0.15, 0.2) is 5.65 Å². The monoisotopic (exact) mass is 408 g/mol. The highest BCUT2D eigenvalue weighted by molar-refractivity contribution is 5.91. The summed E-state index contributed by atoms with van der Waals surface area (Å²) in [4.78, 5) is 22.3. The van der Waals surface area contributed by atoms with Gasteiger partial charge in [-0.1, -0.05) is 42.8 Å². The normalized spacial score (nSPS) is 15.7. The molecule has 31 heavy (non-hydrogen) atoms. The maximum atomic E-state index is 12.0. The molecule has 1 amide bonds. The van der Waals surface area contributed by atoms with Gasteiger partial charge in [-0.15, -0.1) is 0 Å². The molecule has 5 rings (SSSR count). The number of likely N-dealkylation sites (tertiary alicyclic amines) is 1. The van der Waals surface area contributed by atoms with Gasteiger partial charge in [0.25, 0.3) is 0 Å². The standard InChI is InChI=1S/C24H20N6O/c1-2-21(31)29-12-11-19(14-29)30-24-22(23(25)26-15-27-24)20(28-30)10-8-16-7-9-17-5-3-4-6-18(17)13-16/h2-7,9,13,15,19H,1,11-12,14H2,(H2,25,26,27)/t19-/m1/s1. The summed E-state index contributed by atoms with van der Waals surface area (Å²) in [5.41, 5.74) is 8.22. The number of nitrogens with zero attached hydrogens (tertiary/aromatic N) is 5. The van der Waals surface area contributed by atoms with E-state index in [-0.39, 0.29) is 11.9 Å². The SMILES string of the molecule is C=CC(=O)N1CC[C@@H](n2nc(C#Cc3ccc4ccccc4c3)c3c(N)ncnc32)C1. The smallest absolute Gasteiger partial charge is 0.246 e. The highest BCUT2D eigenvalue weighted by atomic mass is 16.2. The van der Waals surface area contributed by atoms with Crippen LogP contribution < -0.4 is 5.73 Å². The fourth-order valence-corrected chi connectivity index (χ4v) is 4.01. The van der Waals surface area contributed by atoms with Crippen LogP contribution in [0, 0.1) is 11.8 Å². The lowest BCUT2D eigenvalue weighted by molar-refractivity contribution is -0.125. The van der Waals surface area contributed by atoms with E-state index in [2.05, 4.69) is 52.7 Å². The number of nitrogen functional groups attached to an aromatic ring is 1. The predicted octanol–water partition coefficient (Wildman–Crippen LogP) is 2.92. The molecule has 4 aromatic rings. The van der Waals surface area contributed by atoms with Gasteiger partial charge >= 0.3 is 0 Å². The van der Waals surface area contributed by atoms with Crippen LogP contribution in [0.4, 0.5) is 5.82 Å². The molecule has 7 nitrogen and oxygen atoms in total. The molecule has 1 aliphatic rings. The molecule has 1 fully saturated rings. The van der Waals surface area contributed by atoms with Crippen LogP contribution in [0.2, 0.25) is 0 Å². The number of hydrogen-bond acceptors (Lipinski definition) is 5. The van der Waals surface area contributed by atoms with Crippen LogP contribution in [0.1, 0.15) is 23.7 Å². The topological polar surface area (TPSA) is 89.9 Å². The Morgan fingerprint density at radius 1 is 1.16 bits per heavy atom. The molecular weight excluding hydrogens is 388 g/mol. The van der Waals surface area contributed by atoms with Crippen molar-refractivity contribution < 1.29 is 4.79 Å². The second kappa shape index (κ2) is 7.58. The molecule has 0 spiro atoms. The van der Waals surface area contributed by atoms with Gasteiger partial charge in [-0.05, 0) is 41.3 Å². The number of amides is 1. The number of fused-ring (bicyclic) bond motifs is 2. The van der Waals surface area contributed by atoms with Crippen molar-refractivity contribution >= 4 is 33.5 Å². The van der Waals surface area contributed by atoms with E-state index in [1.54, 1.807) is 4.90 Å². The molecule has 0 bridgehead atoms. The van der Waals surface area contributed by atoms with Crippen molar-refractivity contribution in [2.45, 2.75) is 12.5 Å². The quantitative estimate of drug-likeness (QED) is 0.407. The average Bonchev–Trinajstić information content (AvgIpc) is 3.43. The summed E-state index contributed by atoms with van der Waals surface area (Å²) in [5.74, 6) is 6.62. The Labute approximate surface area is 179 Å². The molecule has 152 valence electrons. The molecule has 1 saturated heterocycles. The molecule has 0 saturated carbocycles. The summed E-state index contributed by atoms with van der Waals surface area (Å²) < 4.78 is 1.83. The summed E-state index contributed by atoms with van der Waals surface area (Å²) in [6, 6.07) is 14.3. The highest BCUT2D eigenvalue weighted by Crippen LogP contribution is 2.28. The van der Waals surface area contributed by atoms with E-state index < -0.39 is 0 Å². The molecule has 2 N–H and O–H groups in total. The minimum atomic E-state index is -0.0792. The lowest BCUT2D eigenvalue weighted by Crippen LogP contribution is -2.27. The Bertz CT molecular complexity index is 1390. The maximum Gasteiger partial charge on any atom is 0.246 e. The van der Waals surface area contributed by atoms with Crippen LogP contribution in [0.3, 0.4) is 0 Å². The molecule has 0 aliphatic carbocycles. The van der Waals surface area contributed by atoms with Crippen molar-refractivity contribution in [3.8, 4) is 11.8 Å². The van der Waals surface area contributed by atoms with Crippen molar-refractivity contribution in [2.24, 2.45) is 0 Å². The third-order valence-electron chi connectivity index (χ3n) is 5.59. The number of rotatable bonds is 2. The second-order valence-corrected chi connectivity index (χ2v) is 7.49. The maximum absolute atomic E-state index is 12.0. The number of anilines is 1. The van der Waals surface area contributed by atoms with E-state index >= 15 is 0 Å². The number of nitrogens with two attached hydrogens (primary N) is 1. The summed E-state index contributed by atoms with van der Waals surface area (Å²) in [6.45, 7) is 4.76. The Hall–Kier alpha value is -4.18.